The largest absolute Gasteiger partial charge is 0.433 e. The van der Waals surface area contributed by atoms with Crippen LogP contribution in [-0.2, 0) is 12.7 Å². The average molecular weight is 444 g/mol. The van der Waals surface area contributed by atoms with Gasteiger partial charge in [0, 0.05) is 29.8 Å². The molecule has 4 rings (SSSR count). The number of carbonyl (C=O) groups is 1. The molecule has 0 atom stereocenters. The van der Waals surface area contributed by atoms with E-state index in [1.165, 1.54) is 48.1 Å². The van der Waals surface area contributed by atoms with Gasteiger partial charge < -0.3 is 9.88 Å². The van der Waals surface area contributed by atoms with Crippen LogP contribution in [0.3, 0.4) is 0 Å². The normalized spacial score (nSPS) is 11.7. The van der Waals surface area contributed by atoms with E-state index in [4.69, 9.17) is 0 Å². The first-order valence-electron chi connectivity index (χ1n) is 9.43. The van der Waals surface area contributed by atoms with Crippen LogP contribution in [-0.4, -0.2) is 27.7 Å². The van der Waals surface area contributed by atoms with Gasteiger partial charge in [-0.05, 0) is 52.9 Å². The van der Waals surface area contributed by atoms with E-state index >= 15 is 0 Å². The fourth-order valence-electron chi connectivity index (χ4n) is 3.52. The van der Waals surface area contributed by atoms with Crippen molar-refractivity contribution in [1.82, 2.24) is 20.1 Å². The summed E-state index contributed by atoms with van der Waals surface area (Å²) in [6.07, 6.45) is -2.04. The van der Waals surface area contributed by atoms with Crippen molar-refractivity contribution in [2.45, 2.75) is 12.7 Å². The SMILES string of the molecule is CNC(=O)c1cc(F)cc(Cn2ccc3cc(-c4cn[nH]c4C(F)(F)F)ccc3c2=O)c1. The van der Waals surface area contributed by atoms with E-state index in [0.717, 1.165) is 12.3 Å². The maximum absolute atomic E-state index is 13.9. The number of nitrogens with one attached hydrogen (secondary N) is 2. The number of amides is 1. The number of rotatable bonds is 4. The van der Waals surface area contributed by atoms with Gasteiger partial charge in [0.05, 0.1) is 12.7 Å². The minimum atomic E-state index is -4.59. The maximum Gasteiger partial charge on any atom is 0.433 e. The topological polar surface area (TPSA) is 79.8 Å². The van der Waals surface area contributed by atoms with E-state index in [2.05, 4.69) is 10.4 Å². The summed E-state index contributed by atoms with van der Waals surface area (Å²) in [4.78, 5) is 24.7. The van der Waals surface area contributed by atoms with Crippen molar-refractivity contribution in [2.75, 3.05) is 7.05 Å². The zero-order valence-electron chi connectivity index (χ0n) is 16.6. The molecule has 0 aliphatic heterocycles. The molecule has 0 bridgehead atoms. The van der Waals surface area contributed by atoms with Crippen LogP contribution >= 0.6 is 0 Å². The summed E-state index contributed by atoms with van der Waals surface area (Å²) in [5.74, 6) is -1.07. The number of aromatic amines is 1. The van der Waals surface area contributed by atoms with Crippen molar-refractivity contribution in [2.24, 2.45) is 0 Å². The summed E-state index contributed by atoms with van der Waals surface area (Å²) in [6.45, 7) is 0.0121. The van der Waals surface area contributed by atoms with Crippen molar-refractivity contribution in [3.05, 3.63) is 87.9 Å². The molecule has 2 N–H and O–H groups in total. The molecule has 0 unspecified atom stereocenters. The predicted molar refractivity (Wildman–Crippen MR) is 110 cm³/mol. The highest BCUT2D eigenvalue weighted by molar-refractivity contribution is 5.94. The highest BCUT2D eigenvalue weighted by Crippen LogP contribution is 2.36. The Morgan fingerprint density at radius 2 is 1.94 bits per heavy atom. The van der Waals surface area contributed by atoms with Crippen molar-refractivity contribution in [3.63, 3.8) is 0 Å². The van der Waals surface area contributed by atoms with Crippen molar-refractivity contribution >= 4 is 16.7 Å². The quantitative estimate of drug-likeness (QED) is 0.468. The van der Waals surface area contributed by atoms with E-state index in [0.29, 0.717) is 10.9 Å². The molecule has 0 radical (unpaired) electrons. The Morgan fingerprint density at radius 1 is 1.16 bits per heavy atom. The molecule has 0 fully saturated rings. The zero-order chi connectivity index (χ0) is 23.0. The minimum Gasteiger partial charge on any atom is -0.355 e. The molecule has 164 valence electrons. The molecule has 0 aliphatic rings. The number of halogens is 4. The van der Waals surface area contributed by atoms with Gasteiger partial charge in [-0.2, -0.15) is 18.3 Å². The van der Waals surface area contributed by atoms with Crippen molar-refractivity contribution in [1.29, 1.82) is 0 Å². The summed E-state index contributed by atoms with van der Waals surface area (Å²) in [5.41, 5.74) is -0.691. The van der Waals surface area contributed by atoms with Crippen LogP contribution in [0.5, 0.6) is 0 Å². The summed E-state index contributed by atoms with van der Waals surface area (Å²) in [6, 6.07) is 9.73. The van der Waals surface area contributed by atoms with Crippen LogP contribution in [0.15, 0.2) is 59.7 Å². The number of hydrogen-bond acceptors (Lipinski definition) is 3. The van der Waals surface area contributed by atoms with Crippen LogP contribution < -0.4 is 10.9 Å². The minimum absolute atomic E-state index is 0.0121. The van der Waals surface area contributed by atoms with Crippen LogP contribution in [0.25, 0.3) is 21.9 Å². The second-order valence-corrected chi connectivity index (χ2v) is 7.13. The first kappa shape index (κ1) is 21.3. The second-order valence-electron chi connectivity index (χ2n) is 7.13. The van der Waals surface area contributed by atoms with Gasteiger partial charge in [0.25, 0.3) is 11.5 Å². The number of alkyl halides is 3. The number of benzene rings is 2. The van der Waals surface area contributed by atoms with Gasteiger partial charge in [-0.15, -0.1) is 0 Å². The van der Waals surface area contributed by atoms with Gasteiger partial charge in [-0.1, -0.05) is 6.07 Å². The van der Waals surface area contributed by atoms with Gasteiger partial charge in [0.1, 0.15) is 11.5 Å². The lowest BCUT2D eigenvalue weighted by molar-refractivity contribution is -0.140. The van der Waals surface area contributed by atoms with Gasteiger partial charge in [-0.25, -0.2) is 4.39 Å². The zero-order valence-corrected chi connectivity index (χ0v) is 16.6. The Labute approximate surface area is 178 Å². The monoisotopic (exact) mass is 444 g/mol. The first-order valence-corrected chi connectivity index (χ1v) is 9.43. The molecule has 0 aliphatic carbocycles. The lowest BCUT2D eigenvalue weighted by atomic mass is 10.0. The standard InChI is InChI=1S/C22H16F4N4O2/c1-27-20(31)15-6-12(7-16(23)9-15)11-30-5-4-14-8-13(2-3-17(14)21(30)32)18-10-28-29-19(18)22(24,25)26/h2-10H,11H2,1H3,(H,27,31)(H,28,29). The maximum atomic E-state index is 13.9. The molecule has 0 saturated carbocycles. The molecule has 32 heavy (non-hydrogen) atoms. The van der Waals surface area contributed by atoms with Crippen molar-refractivity contribution < 1.29 is 22.4 Å². The Balaban J connectivity index is 1.72. The Hall–Kier alpha value is -3.95. The summed E-state index contributed by atoms with van der Waals surface area (Å²) >= 11 is 0. The lowest BCUT2D eigenvalue weighted by Crippen LogP contribution is -2.21. The predicted octanol–water partition coefficient (Wildman–Crippen LogP) is 3.96. The first-order chi connectivity index (χ1) is 15.2. The number of H-pyrrole nitrogens is 1. The number of aromatic nitrogens is 3. The smallest absolute Gasteiger partial charge is 0.355 e. The van der Waals surface area contributed by atoms with Crippen LogP contribution in [0, 0.1) is 5.82 Å². The number of pyridine rings is 1. The molecule has 2 aromatic heterocycles. The molecule has 4 aromatic rings. The van der Waals surface area contributed by atoms with E-state index in [-0.39, 0.29) is 28.6 Å². The summed E-state index contributed by atoms with van der Waals surface area (Å²) in [5, 5.41) is 8.60. The summed E-state index contributed by atoms with van der Waals surface area (Å²) in [7, 11) is 1.43. The number of fused-ring (bicyclic) bond motifs is 1. The molecule has 6 nitrogen and oxygen atoms in total. The number of hydrogen-bond donors (Lipinski definition) is 2. The fraction of sp³-hybridized carbons (Fsp3) is 0.136. The lowest BCUT2D eigenvalue weighted by Gasteiger charge is -2.11. The molecular formula is C22H16F4N4O2. The summed E-state index contributed by atoms with van der Waals surface area (Å²) < 4.78 is 54.7. The number of nitrogens with zero attached hydrogens (tertiary/aromatic N) is 2. The molecule has 1 amide bonds. The molecule has 0 saturated heterocycles. The third kappa shape index (κ3) is 3.98. The van der Waals surface area contributed by atoms with Gasteiger partial charge >= 0.3 is 6.18 Å². The Morgan fingerprint density at radius 3 is 2.66 bits per heavy atom. The second kappa shape index (κ2) is 7.95. The van der Waals surface area contributed by atoms with E-state index in [1.807, 2.05) is 5.10 Å². The molecule has 2 heterocycles. The van der Waals surface area contributed by atoms with Crippen LogP contribution in [0.2, 0.25) is 0 Å². The molecule has 0 spiro atoms. The third-order valence-corrected chi connectivity index (χ3v) is 5.01. The number of carbonyl (C=O) groups excluding carboxylic acids is 1. The van der Waals surface area contributed by atoms with Gasteiger partial charge in [0.2, 0.25) is 0 Å². The Bertz CT molecular complexity index is 1390. The van der Waals surface area contributed by atoms with E-state index in [1.54, 1.807) is 6.07 Å². The highest BCUT2D eigenvalue weighted by atomic mass is 19.4. The van der Waals surface area contributed by atoms with Crippen LogP contribution in [0.4, 0.5) is 17.6 Å². The van der Waals surface area contributed by atoms with Gasteiger partial charge in [0.15, 0.2) is 0 Å². The Kier molecular flexibility index (Phi) is 5.29. The highest BCUT2D eigenvalue weighted by Gasteiger charge is 2.35. The molecule has 2 aromatic carbocycles. The van der Waals surface area contributed by atoms with E-state index < -0.39 is 29.2 Å². The van der Waals surface area contributed by atoms with Crippen LogP contribution in [0.1, 0.15) is 21.6 Å². The fourth-order valence-corrected chi connectivity index (χ4v) is 3.52. The molecule has 10 heteroatoms. The van der Waals surface area contributed by atoms with E-state index in [9.17, 15) is 27.2 Å². The van der Waals surface area contributed by atoms with Crippen molar-refractivity contribution in [3.8, 4) is 11.1 Å². The average Bonchev–Trinajstić information content (AvgIpc) is 3.25. The molecular weight excluding hydrogens is 428 g/mol. The van der Waals surface area contributed by atoms with Gasteiger partial charge in [-0.3, -0.25) is 14.7 Å². The third-order valence-electron chi connectivity index (χ3n) is 5.01.